The van der Waals surface area contributed by atoms with Crippen molar-refractivity contribution in [2.75, 3.05) is 0 Å². The molecular formula is C8H8N4O2. The third kappa shape index (κ3) is 1.12. The highest BCUT2D eigenvalue weighted by Crippen LogP contribution is 2.07. The molecule has 0 aromatic carbocycles. The monoisotopic (exact) mass is 192 g/mol. The molecule has 2 heterocycles. The van der Waals surface area contributed by atoms with E-state index in [-0.39, 0.29) is 5.56 Å². The largest absolute Gasteiger partial charge is 0.478 e. The number of hydrogen-bond acceptors (Lipinski definition) is 4. The second-order valence-corrected chi connectivity index (χ2v) is 2.93. The van der Waals surface area contributed by atoms with Crippen molar-refractivity contribution in [1.29, 1.82) is 0 Å². The van der Waals surface area contributed by atoms with E-state index < -0.39 is 5.97 Å². The lowest BCUT2D eigenvalue weighted by Gasteiger charge is -2.00. The van der Waals surface area contributed by atoms with Crippen LogP contribution in [0.5, 0.6) is 0 Å². The molecule has 6 nitrogen and oxygen atoms in total. The van der Waals surface area contributed by atoms with Crippen molar-refractivity contribution in [3.05, 3.63) is 23.3 Å². The molecule has 0 aliphatic rings. The summed E-state index contributed by atoms with van der Waals surface area (Å²) in [5, 5.41) is 12.9. The zero-order valence-corrected chi connectivity index (χ0v) is 7.72. The van der Waals surface area contributed by atoms with Crippen LogP contribution in [0.25, 0.3) is 5.78 Å². The number of aromatic nitrogens is 4. The van der Waals surface area contributed by atoms with Crippen molar-refractivity contribution in [2.24, 2.45) is 0 Å². The summed E-state index contributed by atoms with van der Waals surface area (Å²) in [5.41, 5.74) is 0.672. The maximum Gasteiger partial charge on any atom is 0.339 e. The van der Waals surface area contributed by atoms with Gasteiger partial charge in [0.15, 0.2) is 0 Å². The van der Waals surface area contributed by atoms with E-state index in [2.05, 4.69) is 15.1 Å². The van der Waals surface area contributed by atoms with Crippen LogP contribution in [0.1, 0.15) is 21.9 Å². The Morgan fingerprint density at radius 1 is 1.50 bits per heavy atom. The van der Waals surface area contributed by atoms with Crippen LogP contribution < -0.4 is 0 Å². The predicted octanol–water partition coefficient (Wildman–Crippen LogP) is 0.439. The van der Waals surface area contributed by atoms with Crippen molar-refractivity contribution < 1.29 is 9.90 Å². The first-order valence-corrected chi connectivity index (χ1v) is 4.02. The van der Waals surface area contributed by atoms with Gasteiger partial charge in [0, 0.05) is 6.20 Å². The van der Waals surface area contributed by atoms with E-state index in [9.17, 15) is 4.79 Å². The lowest BCUT2D eigenvalue weighted by Crippen LogP contribution is -2.07. The van der Waals surface area contributed by atoms with Gasteiger partial charge < -0.3 is 5.11 Å². The van der Waals surface area contributed by atoms with Crippen LogP contribution in [-0.2, 0) is 0 Å². The molecular weight excluding hydrogens is 184 g/mol. The number of nitrogens with zero attached hydrogens (tertiary/aromatic N) is 4. The third-order valence-electron chi connectivity index (χ3n) is 1.94. The van der Waals surface area contributed by atoms with Gasteiger partial charge in [-0.2, -0.15) is 10.1 Å². The molecule has 0 fully saturated rings. The number of fused-ring (bicyclic) bond motifs is 1. The lowest BCUT2D eigenvalue weighted by atomic mass is 10.2. The highest BCUT2D eigenvalue weighted by molar-refractivity contribution is 5.88. The first-order valence-electron chi connectivity index (χ1n) is 4.02. The fourth-order valence-electron chi connectivity index (χ4n) is 1.25. The Morgan fingerprint density at radius 3 is 2.86 bits per heavy atom. The van der Waals surface area contributed by atoms with Crippen molar-refractivity contribution in [3.8, 4) is 0 Å². The second-order valence-electron chi connectivity index (χ2n) is 2.93. The van der Waals surface area contributed by atoms with Gasteiger partial charge in [0.2, 0.25) is 0 Å². The zero-order valence-electron chi connectivity index (χ0n) is 7.72. The number of hydrogen-bond donors (Lipinski definition) is 1. The van der Waals surface area contributed by atoms with Crippen molar-refractivity contribution in [3.63, 3.8) is 0 Å². The zero-order chi connectivity index (χ0) is 10.3. The second kappa shape index (κ2) is 2.76. The minimum absolute atomic E-state index is 0.141. The van der Waals surface area contributed by atoms with E-state index in [4.69, 9.17) is 5.11 Å². The summed E-state index contributed by atoms with van der Waals surface area (Å²) < 4.78 is 1.43. The average Bonchev–Trinajstić information content (AvgIpc) is 2.46. The number of carboxylic acids is 1. The fourth-order valence-corrected chi connectivity index (χ4v) is 1.25. The summed E-state index contributed by atoms with van der Waals surface area (Å²) in [6.07, 6.45) is 1.29. The van der Waals surface area contributed by atoms with Crippen LogP contribution in [0.4, 0.5) is 0 Å². The van der Waals surface area contributed by atoms with Crippen LogP contribution >= 0.6 is 0 Å². The van der Waals surface area contributed by atoms with E-state index in [0.29, 0.717) is 17.3 Å². The van der Waals surface area contributed by atoms with E-state index >= 15 is 0 Å². The first kappa shape index (κ1) is 8.61. The molecule has 0 atom stereocenters. The van der Waals surface area contributed by atoms with Crippen LogP contribution in [0.2, 0.25) is 0 Å². The van der Waals surface area contributed by atoms with Gasteiger partial charge in [0.1, 0.15) is 5.82 Å². The molecule has 0 aliphatic carbocycles. The Balaban J connectivity index is 2.80. The topological polar surface area (TPSA) is 80.4 Å². The minimum Gasteiger partial charge on any atom is -0.478 e. The smallest absolute Gasteiger partial charge is 0.339 e. The van der Waals surface area contributed by atoms with E-state index in [0.717, 1.165) is 0 Å². The quantitative estimate of drug-likeness (QED) is 0.709. The maximum atomic E-state index is 10.8. The SMILES string of the molecule is Cc1nc2ncc(C(=O)O)c(C)n2n1. The van der Waals surface area contributed by atoms with Crippen LogP contribution in [0, 0.1) is 13.8 Å². The normalized spacial score (nSPS) is 10.7. The Hall–Kier alpha value is -1.98. The molecule has 0 aliphatic heterocycles. The molecule has 2 rings (SSSR count). The fraction of sp³-hybridized carbons (Fsp3) is 0.250. The van der Waals surface area contributed by atoms with Gasteiger partial charge in [-0.15, -0.1) is 0 Å². The van der Waals surface area contributed by atoms with Crippen molar-refractivity contribution >= 4 is 11.7 Å². The molecule has 6 heteroatoms. The molecule has 0 bridgehead atoms. The van der Waals surface area contributed by atoms with Crippen molar-refractivity contribution in [1.82, 2.24) is 19.6 Å². The molecule has 0 unspecified atom stereocenters. The Labute approximate surface area is 79.2 Å². The lowest BCUT2D eigenvalue weighted by molar-refractivity contribution is 0.0695. The highest BCUT2D eigenvalue weighted by Gasteiger charge is 2.12. The molecule has 0 saturated heterocycles. The van der Waals surface area contributed by atoms with E-state index in [1.54, 1.807) is 13.8 Å². The highest BCUT2D eigenvalue weighted by atomic mass is 16.4. The van der Waals surface area contributed by atoms with Crippen LogP contribution in [0.3, 0.4) is 0 Å². The summed E-state index contributed by atoms with van der Waals surface area (Å²) in [7, 11) is 0. The van der Waals surface area contributed by atoms with Gasteiger partial charge in [-0.05, 0) is 13.8 Å². The van der Waals surface area contributed by atoms with Gasteiger partial charge in [0.25, 0.3) is 5.78 Å². The number of carboxylic acid groups (broad SMARTS) is 1. The summed E-state index contributed by atoms with van der Waals surface area (Å²) in [6, 6.07) is 0. The van der Waals surface area contributed by atoms with Crippen LogP contribution in [-0.4, -0.2) is 30.7 Å². The summed E-state index contributed by atoms with van der Waals surface area (Å²) in [4.78, 5) is 18.7. The number of rotatable bonds is 1. The molecule has 0 amide bonds. The molecule has 14 heavy (non-hydrogen) atoms. The number of carbonyl (C=O) groups is 1. The Bertz CT molecular complexity index is 517. The number of aromatic carboxylic acids is 1. The number of aryl methyl sites for hydroxylation is 2. The summed E-state index contributed by atoms with van der Waals surface area (Å²) in [6.45, 7) is 3.40. The molecule has 2 aromatic heterocycles. The van der Waals surface area contributed by atoms with Gasteiger partial charge in [-0.25, -0.2) is 14.3 Å². The summed E-state index contributed by atoms with van der Waals surface area (Å²) >= 11 is 0. The molecule has 0 radical (unpaired) electrons. The van der Waals surface area contributed by atoms with Gasteiger partial charge in [-0.3, -0.25) is 0 Å². The Morgan fingerprint density at radius 2 is 2.21 bits per heavy atom. The van der Waals surface area contributed by atoms with Crippen molar-refractivity contribution in [2.45, 2.75) is 13.8 Å². The van der Waals surface area contributed by atoms with E-state index in [1.807, 2.05) is 0 Å². The maximum absolute atomic E-state index is 10.8. The average molecular weight is 192 g/mol. The molecule has 0 spiro atoms. The first-order chi connectivity index (χ1) is 6.59. The molecule has 2 aromatic rings. The molecule has 1 N–H and O–H groups in total. The van der Waals surface area contributed by atoms with Gasteiger partial charge >= 0.3 is 5.97 Å². The molecule has 72 valence electrons. The predicted molar refractivity (Wildman–Crippen MR) is 47.2 cm³/mol. The third-order valence-corrected chi connectivity index (χ3v) is 1.94. The standard InChI is InChI=1S/C8H8N4O2/c1-4-6(7(13)14)3-9-8-10-5(2)11-12(4)8/h3H,1-2H3,(H,13,14). The summed E-state index contributed by atoms with van der Waals surface area (Å²) in [5.74, 6) is -0.0156. The van der Waals surface area contributed by atoms with Gasteiger partial charge in [0.05, 0.1) is 11.3 Å². The minimum atomic E-state index is -1.01. The molecule has 0 saturated carbocycles. The van der Waals surface area contributed by atoms with Crippen LogP contribution in [0.15, 0.2) is 6.20 Å². The van der Waals surface area contributed by atoms with Gasteiger partial charge in [-0.1, -0.05) is 0 Å². The Kier molecular flexibility index (Phi) is 1.70. The van der Waals surface area contributed by atoms with E-state index in [1.165, 1.54) is 10.7 Å².